The van der Waals surface area contributed by atoms with E-state index in [-0.39, 0.29) is 69.9 Å². The minimum absolute atomic E-state index is 0.00630. The van der Waals surface area contributed by atoms with Crippen molar-refractivity contribution in [2.45, 2.75) is 115 Å². The molecule has 2 fully saturated rings. The second-order valence-corrected chi connectivity index (χ2v) is 16.0. The predicted molar refractivity (Wildman–Crippen MR) is 199 cm³/mol. The van der Waals surface area contributed by atoms with Crippen LogP contribution in [0.15, 0.2) is 39.6 Å². The fraction of sp³-hybridized carbons (Fsp3) is 0.537. The first kappa shape index (κ1) is 39.0. The van der Waals surface area contributed by atoms with Crippen molar-refractivity contribution in [1.29, 1.82) is 0 Å². The first-order valence-corrected chi connectivity index (χ1v) is 18.2. The number of phenolic OH excluding ortho intramolecular Hbond substituents is 1. The summed E-state index contributed by atoms with van der Waals surface area (Å²) in [6.07, 6.45) is -0.462. The van der Waals surface area contributed by atoms with Gasteiger partial charge in [0.1, 0.15) is 22.7 Å². The molecule has 2 aliphatic heterocycles. The standard InChI is InChI=1S/C41H52N2O10/c1-11-12-13-41(6,50)29-17-26(44)30-19(2)14-24-32(38(30)53-29)37(48)33-31(36(24)47)22(27-16-25(42(7)8)34(45)20(3)51-27)15-23(35(33)46)28-18-40(5,43(9)10)39(49)21(4)52-28/h11-12,14-15,17,20-21,25,27-28,34,39,45-46,49-50H,13,16,18H2,1-10H3/b12-11-/t20-,21+,25+,27-,28-,34-,39-,40+,41?/m1/s1. The van der Waals surface area contributed by atoms with Crippen LogP contribution < -0.4 is 5.43 Å². The van der Waals surface area contributed by atoms with Crippen molar-refractivity contribution >= 4 is 22.5 Å². The van der Waals surface area contributed by atoms with Crippen LogP contribution in [0, 0.1) is 6.92 Å². The third-order valence-electron chi connectivity index (χ3n) is 11.9. The summed E-state index contributed by atoms with van der Waals surface area (Å²) < 4.78 is 19.0. The molecular formula is C41H52N2O10. The summed E-state index contributed by atoms with van der Waals surface area (Å²) in [5.74, 6) is -1.83. The van der Waals surface area contributed by atoms with Crippen LogP contribution in [0.2, 0.25) is 0 Å². The van der Waals surface area contributed by atoms with Crippen molar-refractivity contribution < 1.29 is 43.9 Å². The number of aromatic hydroxyl groups is 1. The lowest BCUT2D eigenvalue weighted by Gasteiger charge is -2.49. The summed E-state index contributed by atoms with van der Waals surface area (Å²) in [6, 6.07) is 4.01. The molecule has 6 rings (SSSR count). The number of likely N-dealkylation sites (N-methyl/N-ethyl adjacent to an activating group) is 2. The minimum atomic E-state index is -1.61. The quantitative estimate of drug-likeness (QED) is 0.198. The summed E-state index contributed by atoms with van der Waals surface area (Å²) >= 11 is 0. The van der Waals surface area contributed by atoms with Gasteiger partial charge in [-0.15, -0.1) is 0 Å². The summed E-state index contributed by atoms with van der Waals surface area (Å²) in [7, 11) is 7.40. The van der Waals surface area contributed by atoms with E-state index in [1.54, 1.807) is 45.9 Å². The van der Waals surface area contributed by atoms with E-state index in [0.717, 1.165) is 0 Å². The van der Waals surface area contributed by atoms with E-state index < -0.39 is 70.5 Å². The Morgan fingerprint density at radius 1 is 0.943 bits per heavy atom. The van der Waals surface area contributed by atoms with Crippen LogP contribution in [0.1, 0.15) is 120 Å². The molecule has 0 amide bonds. The molecule has 286 valence electrons. The first-order valence-electron chi connectivity index (χ1n) is 18.2. The van der Waals surface area contributed by atoms with E-state index in [2.05, 4.69) is 0 Å². The lowest BCUT2D eigenvalue weighted by molar-refractivity contribution is -0.176. The van der Waals surface area contributed by atoms with Crippen LogP contribution >= 0.6 is 0 Å². The molecule has 1 unspecified atom stereocenters. The molecule has 3 aliphatic rings. The van der Waals surface area contributed by atoms with Crippen molar-refractivity contribution in [3.05, 3.63) is 85.3 Å². The van der Waals surface area contributed by atoms with Crippen molar-refractivity contribution in [1.82, 2.24) is 9.80 Å². The Hall–Kier alpha value is -3.75. The lowest BCUT2D eigenvalue weighted by atomic mass is 9.74. The molecule has 2 aromatic carbocycles. The SMILES string of the molecule is C/C=C\CC(C)(O)c1cc(=O)c2c(C)cc3c(c2o1)C(=O)c1c(O)c([C@H]2C[C@](C)(N(C)C)[C@H](O)[C@H](C)O2)cc([C@H]2C[C@H](N(C)C)[C@H](O)[C@@H](C)O2)c1C3=O. The zero-order chi connectivity index (χ0) is 39.1. The zero-order valence-electron chi connectivity index (χ0n) is 32.2. The van der Waals surface area contributed by atoms with Gasteiger partial charge < -0.3 is 44.1 Å². The number of carbonyl (C=O) groups excluding carboxylic acids is 2. The number of rotatable bonds is 7. The van der Waals surface area contributed by atoms with E-state index in [4.69, 9.17) is 13.9 Å². The maximum atomic E-state index is 15.0. The number of hydrogen-bond acceptors (Lipinski definition) is 12. The predicted octanol–water partition coefficient (Wildman–Crippen LogP) is 4.43. The van der Waals surface area contributed by atoms with Gasteiger partial charge in [-0.2, -0.15) is 0 Å². The van der Waals surface area contributed by atoms with Crippen LogP contribution in [0.3, 0.4) is 0 Å². The highest BCUT2D eigenvalue weighted by molar-refractivity contribution is 6.33. The van der Waals surface area contributed by atoms with Crippen molar-refractivity contribution in [2.24, 2.45) is 0 Å². The number of hydrogen-bond donors (Lipinski definition) is 4. The molecule has 0 saturated carbocycles. The third kappa shape index (κ3) is 6.27. The Morgan fingerprint density at radius 2 is 1.60 bits per heavy atom. The molecule has 12 heteroatoms. The molecule has 1 aliphatic carbocycles. The van der Waals surface area contributed by atoms with Crippen LogP contribution in [-0.4, -0.2) is 106 Å². The van der Waals surface area contributed by atoms with Crippen molar-refractivity contribution in [3.63, 3.8) is 0 Å². The number of allylic oxidation sites excluding steroid dienone is 1. The number of fused-ring (bicyclic) bond motifs is 4. The molecule has 0 radical (unpaired) electrons. The van der Waals surface area contributed by atoms with E-state index >= 15 is 4.79 Å². The molecule has 9 atom stereocenters. The molecule has 1 aromatic heterocycles. The van der Waals surface area contributed by atoms with E-state index in [0.29, 0.717) is 11.1 Å². The number of aliphatic hydroxyl groups is 3. The summed E-state index contributed by atoms with van der Waals surface area (Å²) in [6.45, 7) is 10.3. The highest BCUT2D eigenvalue weighted by atomic mass is 16.5. The Morgan fingerprint density at radius 3 is 2.23 bits per heavy atom. The van der Waals surface area contributed by atoms with Gasteiger partial charge >= 0.3 is 0 Å². The average Bonchev–Trinajstić information content (AvgIpc) is 3.08. The second kappa shape index (κ2) is 13.8. The van der Waals surface area contributed by atoms with Crippen LogP contribution in [0.4, 0.5) is 0 Å². The number of phenols is 1. The molecule has 3 aromatic rings. The van der Waals surface area contributed by atoms with Gasteiger partial charge in [0.05, 0.1) is 53.1 Å². The molecule has 53 heavy (non-hydrogen) atoms. The topological polar surface area (TPSA) is 170 Å². The maximum absolute atomic E-state index is 15.0. The smallest absolute Gasteiger partial charge is 0.202 e. The minimum Gasteiger partial charge on any atom is -0.507 e. The van der Waals surface area contributed by atoms with E-state index in [1.165, 1.54) is 19.1 Å². The van der Waals surface area contributed by atoms with Gasteiger partial charge in [0.25, 0.3) is 0 Å². The van der Waals surface area contributed by atoms with Gasteiger partial charge in [-0.25, -0.2) is 0 Å². The van der Waals surface area contributed by atoms with Gasteiger partial charge in [0.2, 0.25) is 5.78 Å². The Labute approximate surface area is 309 Å². The highest BCUT2D eigenvalue weighted by Crippen LogP contribution is 2.49. The lowest BCUT2D eigenvalue weighted by Crippen LogP contribution is -2.59. The molecule has 12 nitrogen and oxygen atoms in total. The van der Waals surface area contributed by atoms with Crippen LogP contribution in [0.5, 0.6) is 5.75 Å². The average molecular weight is 733 g/mol. The first-order chi connectivity index (χ1) is 24.7. The largest absolute Gasteiger partial charge is 0.507 e. The molecule has 2 saturated heterocycles. The number of aliphatic hydroxyl groups excluding tert-OH is 2. The number of benzene rings is 2. The van der Waals surface area contributed by atoms with E-state index in [1.807, 2.05) is 44.9 Å². The van der Waals surface area contributed by atoms with Crippen molar-refractivity contribution in [2.75, 3.05) is 28.2 Å². The number of carbonyl (C=O) groups is 2. The Bertz CT molecular complexity index is 2070. The van der Waals surface area contributed by atoms with Gasteiger partial charge in [-0.05, 0) is 106 Å². The third-order valence-corrected chi connectivity index (χ3v) is 11.9. The number of ketones is 2. The molecule has 0 bridgehead atoms. The summed E-state index contributed by atoms with van der Waals surface area (Å²) in [5, 5.41) is 45.9. The normalized spacial score (nSPS) is 30.3. The fourth-order valence-corrected chi connectivity index (χ4v) is 8.38. The van der Waals surface area contributed by atoms with Gasteiger partial charge in [-0.1, -0.05) is 12.2 Å². The molecule has 0 spiro atoms. The fourth-order valence-electron chi connectivity index (χ4n) is 8.38. The highest BCUT2D eigenvalue weighted by Gasteiger charge is 2.49. The van der Waals surface area contributed by atoms with Gasteiger partial charge in [0, 0.05) is 40.8 Å². The Kier molecular flexibility index (Phi) is 10.2. The van der Waals surface area contributed by atoms with Crippen LogP contribution in [0.25, 0.3) is 11.0 Å². The zero-order valence-corrected chi connectivity index (χ0v) is 32.2. The summed E-state index contributed by atoms with van der Waals surface area (Å²) in [4.78, 5) is 47.4. The monoisotopic (exact) mass is 732 g/mol. The van der Waals surface area contributed by atoms with E-state index in [9.17, 15) is 30.0 Å². The Balaban J connectivity index is 1.64. The van der Waals surface area contributed by atoms with Gasteiger partial charge in [-0.3, -0.25) is 14.4 Å². The molecule has 4 N–H and O–H groups in total. The van der Waals surface area contributed by atoms with Crippen molar-refractivity contribution in [3.8, 4) is 5.75 Å². The van der Waals surface area contributed by atoms with Crippen LogP contribution in [-0.2, 0) is 15.1 Å². The molecule has 3 heterocycles. The molecular weight excluding hydrogens is 680 g/mol. The second-order valence-electron chi connectivity index (χ2n) is 16.0. The maximum Gasteiger partial charge on any atom is 0.202 e. The number of aryl methyl sites for hydroxylation is 1. The summed E-state index contributed by atoms with van der Waals surface area (Å²) in [5.41, 5.74) is -2.53. The number of ether oxygens (including phenoxy) is 2. The van der Waals surface area contributed by atoms with Gasteiger partial charge in [0.15, 0.2) is 11.2 Å². The number of nitrogens with zero attached hydrogens (tertiary/aromatic N) is 2.